The Balaban J connectivity index is 1.51. The molecule has 1 saturated heterocycles. The summed E-state index contributed by atoms with van der Waals surface area (Å²) in [6.45, 7) is 2.65. The fourth-order valence-corrected chi connectivity index (χ4v) is 8.27. The number of hydrogen-bond acceptors (Lipinski definition) is 3. The number of rotatable bonds is 3. The summed E-state index contributed by atoms with van der Waals surface area (Å²) in [6, 6.07) is 13.4. The van der Waals surface area contributed by atoms with Gasteiger partial charge in [0.05, 0.1) is 4.90 Å². The third kappa shape index (κ3) is 3.05. The number of nitrogens with zero attached hydrogens (tertiary/aromatic N) is 1. The second-order valence-corrected chi connectivity index (χ2v) is 11.0. The van der Waals surface area contributed by atoms with Crippen LogP contribution in [0.4, 0.5) is 0 Å². The molecule has 4 nitrogen and oxygen atoms in total. The number of fused-ring (bicyclic) bond motifs is 1. The molecule has 1 heterocycles. The van der Waals surface area contributed by atoms with Crippen LogP contribution in [0.15, 0.2) is 47.4 Å². The predicted octanol–water partition coefficient (Wildman–Crippen LogP) is 4.63. The minimum atomic E-state index is -3.54. The van der Waals surface area contributed by atoms with Gasteiger partial charge in [0.25, 0.3) is 0 Å². The topological polar surface area (TPSA) is 54.5 Å². The van der Waals surface area contributed by atoms with Crippen molar-refractivity contribution in [1.82, 2.24) is 4.31 Å². The summed E-state index contributed by atoms with van der Waals surface area (Å²) < 4.78 is 29.2. The minimum absolute atomic E-state index is 0.0473. The quantitative estimate of drug-likeness (QED) is 0.740. The molecule has 5 atom stereocenters. The van der Waals surface area contributed by atoms with Crippen molar-refractivity contribution in [2.24, 2.45) is 23.7 Å². The van der Waals surface area contributed by atoms with E-state index < -0.39 is 10.0 Å². The molecule has 29 heavy (non-hydrogen) atoms. The molecule has 154 valence electrons. The maximum absolute atomic E-state index is 13.7. The molecular formula is C24H29NO3S. The Morgan fingerprint density at radius 3 is 2.62 bits per heavy atom. The van der Waals surface area contributed by atoms with Crippen LogP contribution in [-0.4, -0.2) is 31.1 Å². The van der Waals surface area contributed by atoms with Crippen LogP contribution >= 0.6 is 0 Å². The van der Waals surface area contributed by atoms with Crippen molar-refractivity contribution in [2.45, 2.75) is 56.4 Å². The van der Waals surface area contributed by atoms with Gasteiger partial charge < -0.3 is 0 Å². The van der Waals surface area contributed by atoms with E-state index in [-0.39, 0.29) is 12.0 Å². The zero-order valence-electron chi connectivity index (χ0n) is 17.0. The summed E-state index contributed by atoms with van der Waals surface area (Å²) in [5, 5.41) is 2.01. The molecule has 0 amide bonds. The van der Waals surface area contributed by atoms with Crippen LogP contribution in [0.2, 0.25) is 0 Å². The molecule has 5 heteroatoms. The Kier molecular flexibility index (Phi) is 4.78. The molecule has 0 spiro atoms. The first-order valence-corrected chi connectivity index (χ1v) is 12.5. The molecular weight excluding hydrogens is 382 g/mol. The second-order valence-electron chi connectivity index (χ2n) is 9.10. The van der Waals surface area contributed by atoms with E-state index in [0.717, 1.165) is 42.9 Å². The van der Waals surface area contributed by atoms with Gasteiger partial charge in [-0.1, -0.05) is 43.7 Å². The number of sulfonamides is 1. The van der Waals surface area contributed by atoms with Crippen LogP contribution in [0, 0.1) is 23.7 Å². The highest BCUT2D eigenvalue weighted by Gasteiger charge is 2.53. The smallest absolute Gasteiger partial charge is 0.243 e. The average molecular weight is 412 g/mol. The van der Waals surface area contributed by atoms with E-state index in [1.807, 2.05) is 36.4 Å². The number of Topliss-reactive ketones (excluding diaryl/α,β-unsaturated/α-hetero) is 1. The Hall–Kier alpha value is -1.72. The maximum atomic E-state index is 13.7. The van der Waals surface area contributed by atoms with E-state index in [2.05, 4.69) is 6.92 Å². The first kappa shape index (κ1) is 19.3. The summed E-state index contributed by atoms with van der Waals surface area (Å²) >= 11 is 0. The van der Waals surface area contributed by atoms with Crippen LogP contribution in [0.5, 0.6) is 0 Å². The van der Waals surface area contributed by atoms with Crippen molar-refractivity contribution in [3.8, 4) is 0 Å². The lowest BCUT2D eigenvalue weighted by molar-refractivity contribution is -0.136. The van der Waals surface area contributed by atoms with Crippen molar-refractivity contribution in [3.63, 3.8) is 0 Å². The Morgan fingerprint density at radius 1 is 1.03 bits per heavy atom. The third-order valence-electron chi connectivity index (χ3n) is 7.77. The molecule has 3 fully saturated rings. The molecule has 5 rings (SSSR count). The number of benzene rings is 2. The van der Waals surface area contributed by atoms with E-state index in [1.165, 1.54) is 0 Å². The normalized spacial score (nSPS) is 32.9. The van der Waals surface area contributed by atoms with Crippen molar-refractivity contribution in [3.05, 3.63) is 42.5 Å². The van der Waals surface area contributed by atoms with Gasteiger partial charge in [-0.3, -0.25) is 4.79 Å². The molecule has 0 unspecified atom stereocenters. The SMILES string of the molecule is CC[C@@H]1C(=O)C[C@H]2CCN(S(=O)(=O)c3ccc4ccccc4c3)[C@H]3CCC[C@@H]1[C@H]23. The molecule has 2 saturated carbocycles. The van der Waals surface area contributed by atoms with Gasteiger partial charge in [-0.05, 0) is 66.3 Å². The first-order valence-electron chi connectivity index (χ1n) is 11.0. The molecule has 1 aliphatic heterocycles. The van der Waals surface area contributed by atoms with Gasteiger partial charge in [0.15, 0.2) is 0 Å². The van der Waals surface area contributed by atoms with Crippen molar-refractivity contribution < 1.29 is 13.2 Å². The molecule has 0 radical (unpaired) electrons. The second kappa shape index (κ2) is 7.21. The highest BCUT2D eigenvalue weighted by molar-refractivity contribution is 7.89. The standard InChI is InChI=1S/C24H29NO3S/c1-2-20-21-8-5-9-22-24(21)18(15-23(20)26)12-13-25(22)29(27,28)19-11-10-16-6-3-4-7-17(16)14-19/h3-4,6-7,10-11,14,18,20-22,24H,2,5,8-9,12-13,15H2,1H3/t18-,20+,21+,22+,24+/m1/s1. The fraction of sp³-hybridized carbons (Fsp3) is 0.542. The van der Waals surface area contributed by atoms with E-state index in [1.54, 1.807) is 10.4 Å². The molecule has 2 aliphatic carbocycles. The average Bonchev–Trinajstić information content (AvgIpc) is 2.73. The summed E-state index contributed by atoms with van der Waals surface area (Å²) in [4.78, 5) is 13.1. The molecule has 3 aliphatic rings. The van der Waals surface area contributed by atoms with Gasteiger partial charge in [0.2, 0.25) is 10.0 Å². The molecule has 2 aromatic carbocycles. The van der Waals surface area contributed by atoms with Gasteiger partial charge in [-0.25, -0.2) is 8.42 Å². The number of carbonyl (C=O) groups is 1. The van der Waals surface area contributed by atoms with E-state index in [0.29, 0.717) is 41.4 Å². The zero-order chi connectivity index (χ0) is 20.2. The van der Waals surface area contributed by atoms with Gasteiger partial charge in [-0.15, -0.1) is 0 Å². The maximum Gasteiger partial charge on any atom is 0.243 e. The summed E-state index contributed by atoms with van der Waals surface area (Å²) in [6.07, 6.45) is 5.37. The highest BCUT2D eigenvalue weighted by Crippen LogP contribution is 2.52. The van der Waals surface area contributed by atoms with Crippen LogP contribution in [0.3, 0.4) is 0 Å². The summed E-state index contributed by atoms with van der Waals surface area (Å²) in [7, 11) is -3.54. The van der Waals surface area contributed by atoms with Gasteiger partial charge >= 0.3 is 0 Å². The number of carbonyl (C=O) groups excluding carboxylic acids is 1. The molecule has 0 aromatic heterocycles. The van der Waals surface area contributed by atoms with Gasteiger partial charge in [-0.2, -0.15) is 4.31 Å². The Labute approximate surface area is 173 Å². The lowest BCUT2D eigenvalue weighted by Crippen LogP contribution is -2.59. The van der Waals surface area contributed by atoms with Crippen LogP contribution in [0.25, 0.3) is 10.8 Å². The Morgan fingerprint density at radius 2 is 1.83 bits per heavy atom. The lowest BCUT2D eigenvalue weighted by atomic mass is 9.56. The molecule has 2 aromatic rings. The summed E-state index contributed by atoms with van der Waals surface area (Å²) in [5.41, 5.74) is 0. The first-order chi connectivity index (χ1) is 14.0. The molecule has 0 bridgehead atoms. The minimum Gasteiger partial charge on any atom is -0.299 e. The zero-order valence-corrected chi connectivity index (χ0v) is 17.8. The number of piperidine rings is 1. The lowest BCUT2D eigenvalue weighted by Gasteiger charge is -2.54. The van der Waals surface area contributed by atoms with Crippen molar-refractivity contribution in [2.75, 3.05) is 6.54 Å². The van der Waals surface area contributed by atoms with Crippen LogP contribution in [0.1, 0.15) is 45.4 Å². The highest BCUT2D eigenvalue weighted by atomic mass is 32.2. The van der Waals surface area contributed by atoms with E-state index in [9.17, 15) is 13.2 Å². The molecule has 0 N–H and O–H groups in total. The monoisotopic (exact) mass is 411 g/mol. The fourth-order valence-electron chi connectivity index (χ4n) is 6.53. The van der Waals surface area contributed by atoms with E-state index in [4.69, 9.17) is 0 Å². The van der Waals surface area contributed by atoms with Crippen LogP contribution < -0.4 is 0 Å². The largest absolute Gasteiger partial charge is 0.299 e. The van der Waals surface area contributed by atoms with E-state index >= 15 is 0 Å². The third-order valence-corrected chi connectivity index (χ3v) is 9.69. The van der Waals surface area contributed by atoms with Gasteiger partial charge in [0.1, 0.15) is 5.78 Å². The van der Waals surface area contributed by atoms with Crippen molar-refractivity contribution >= 4 is 26.6 Å². The van der Waals surface area contributed by atoms with Crippen LogP contribution in [-0.2, 0) is 14.8 Å². The number of ketones is 1. The Bertz CT molecular complexity index is 1050. The summed E-state index contributed by atoms with van der Waals surface area (Å²) in [5.74, 6) is 1.62. The number of hydrogen-bond donors (Lipinski definition) is 0. The van der Waals surface area contributed by atoms with Crippen molar-refractivity contribution in [1.29, 1.82) is 0 Å². The van der Waals surface area contributed by atoms with Gasteiger partial charge in [0, 0.05) is 24.9 Å². The predicted molar refractivity (Wildman–Crippen MR) is 114 cm³/mol.